The third-order valence-corrected chi connectivity index (χ3v) is 4.01. The van der Waals surface area contributed by atoms with Crippen LogP contribution in [0.2, 0.25) is 0 Å². The number of ether oxygens (including phenoxy) is 1. The Kier molecular flexibility index (Phi) is 6.66. The lowest BCUT2D eigenvalue weighted by Crippen LogP contribution is -2.54. The van der Waals surface area contributed by atoms with Gasteiger partial charge in [-0.2, -0.15) is 0 Å². The van der Waals surface area contributed by atoms with Crippen LogP contribution >= 0.6 is 0 Å². The van der Waals surface area contributed by atoms with Crippen LogP contribution in [0.1, 0.15) is 54.4 Å². The summed E-state index contributed by atoms with van der Waals surface area (Å²) in [4.78, 5) is 2.36. The van der Waals surface area contributed by atoms with Crippen LogP contribution in [-0.2, 0) is 4.74 Å². The smallest absolute Gasteiger partial charge is 0.0718 e. The van der Waals surface area contributed by atoms with E-state index in [-0.39, 0.29) is 11.0 Å². The van der Waals surface area contributed by atoms with Crippen LogP contribution in [0.4, 0.5) is 0 Å². The van der Waals surface area contributed by atoms with Crippen LogP contribution in [0, 0.1) is 5.41 Å². The van der Waals surface area contributed by atoms with Crippen molar-refractivity contribution < 1.29 is 9.84 Å². The monoisotopic (exact) mass is 300 g/mol. The zero-order chi connectivity index (χ0) is 16.1. The molecule has 126 valence electrons. The number of hydrogen-bond acceptors (Lipinski definition) is 4. The lowest BCUT2D eigenvalue weighted by atomic mass is 9.81. The van der Waals surface area contributed by atoms with Crippen molar-refractivity contribution in [1.82, 2.24) is 10.2 Å². The minimum Gasteiger partial charge on any atom is -0.389 e. The minimum absolute atomic E-state index is 0.123. The first-order chi connectivity index (χ1) is 9.55. The second kappa shape index (κ2) is 7.40. The van der Waals surface area contributed by atoms with E-state index in [0.717, 1.165) is 39.3 Å². The number of hydrogen-bond donors (Lipinski definition) is 2. The van der Waals surface area contributed by atoms with E-state index in [9.17, 15) is 5.11 Å². The van der Waals surface area contributed by atoms with Crippen LogP contribution in [0.5, 0.6) is 0 Å². The van der Waals surface area contributed by atoms with Crippen LogP contribution in [-0.4, -0.2) is 60.5 Å². The van der Waals surface area contributed by atoms with Gasteiger partial charge in [-0.1, -0.05) is 6.92 Å². The molecule has 0 aliphatic carbocycles. The zero-order valence-corrected chi connectivity index (χ0v) is 15.0. The second-order valence-corrected chi connectivity index (χ2v) is 8.38. The first-order valence-corrected chi connectivity index (χ1v) is 8.33. The van der Waals surface area contributed by atoms with Crippen LogP contribution in [0.25, 0.3) is 0 Å². The standard InChI is InChI=1S/C17H36N2O2/c1-7-19(12-16(5,6)20)13-17(9-8-10-21-14-17)11-18-15(2,3)4/h18,20H,7-14H2,1-6H3. The number of aliphatic hydroxyl groups is 1. The highest BCUT2D eigenvalue weighted by molar-refractivity contribution is 4.90. The van der Waals surface area contributed by atoms with Crippen LogP contribution in [0.3, 0.4) is 0 Å². The summed E-state index contributed by atoms with van der Waals surface area (Å²) in [7, 11) is 0. The molecule has 0 aromatic carbocycles. The van der Waals surface area contributed by atoms with Gasteiger partial charge in [-0.05, 0) is 54.0 Å². The molecular formula is C17H36N2O2. The molecule has 1 heterocycles. The Morgan fingerprint density at radius 3 is 2.33 bits per heavy atom. The molecule has 0 saturated carbocycles. The van der Waals surface area contributed by atoms with Gasteiger partial charge in [0.05, 0.1) is 12.2 Å². The molecule has 0 spiro atoms. The number of nitrogens with zero attached hydrogens (tertiary/aromatic N) is 1. The van der Waals surface area contributed by atoms with Crippen LogP contribution in [0.15, 0.2) is 0 Å². The van der Waals surface area contributed by atoms with Crippen molar-refractivity contribution >= 4 is 0 Å². The van der Waals surface area contributed by atoms with E-state index in [2.05, 4.69) is 37.9 Å². The maximum atomic E-state index is 10.1. The van der Waals surface area contributed by atoms with Crippen molar-refractivity contribution in [3.05, 3.63) is 0 Å². The highest BCUT2D eigenvalue weighted by Gasteiger charge is 2.36. The van der Waals surface area contributed by atoms with E-state index in [0.29, 0.717) is 6.54 Å². The van der Waals surface area contributed by atoms with E-state index in [1.807, 2.05) is 13.8 Å². The topological polar surface area (TPSA) is 44.7 Å². The Bertz CT molecular complexity index is 299. The average molecular weight is 300 g/mol. The predicted octanol–water partition coefficient (Wildman–Crippen LogP) is 2.26. The minimum atomic E-state index is -0.649. The zero-order valence-electron chi connectivity index (χ0n) is 15.0. The Morgan fingerprint density at radius 2 is 1.90 bits per heavy atom. The maximum Gasteiger partial charge on any atom is 0.0718 e. The van der Waals surface area contributed by atoms with E-state index in [4.69, 9.17) is 4.74 Å². The van der Waals surface area contributed by atoms with Gasteiger partial charge in [0.25, 0.3) is 0 Å². The van der Waals surface area contributed by atoms with Gasteiger partial charge in [0.1, 0.15) is 0 Å². The highest BCUT2D eigenvalue weighted by atomic mass is 16.5. The summed E-state index contributed by atoms with van der Waals surface area (Å²) in [5, 5.41) is 13.8. The van der Waals surface area contributed by atoms with Crippen molar-refractivity contribution in [1.29, 1.82) is 0 Å². The molecule has 0 aromatic rings. The molecule has 4 nitrogen and oxygen atoms in total. The van der Waals surface area contributed by atoms with Gasteiger partial charge in [0.2, 0.25) is 0 Å². The molecule has 1 aliphatic rings. The molecule has 1 aliphatic heterocycles. The second-order valence-electron chi connectivity index (χ2n) is 8.38. The summed E-state index contributed by atoms with van der Waals surface area (Å²) in [6.07, 6.45) is 2.32. The lowest BCUT2D eigenvalue weighted by Gasteiger charge is -2.43. The fourth-order valence-electron chi connectivity index (χ4n) is 2.98. The fourth-order valence-corrected chi connectivity index (χ4v) is 2.98. The summed E-state index contributed by atoms with van der Waals surface area (Å²) in [5.41, 5.74) is -0.366. The maximum absolute atomic E-state index is 10.1. The lowest BCUT2D eigenvalue weighted by molar-refractivity contribution is -0.0420. The van der Waals surface area contributed by atoms with Crippen molar-refractivity contribution in [2.45, 2.75) is 65.5 Å². The summed E-state index contributed by atoms with van der Waals surface area (Å²) in [5.74, 6) is 0. The summed E-state index contributed by atoms with van der Waals surface area (Å²) < 4.78 is 5.80. The fraction of sp³-hybridized carbons (Fsp3) is 1.00. The van der Waals surface area contributed by atoms with Crippen LogP contribution < -0.4 is 5.32 Å². The summed E-state index contributed by atoms with van der Waals surface area (Å²) >= 11 is 0. The molecule has 0 radical (unpaired) electrons. The predicted molar refractivity (Wildman–Crippen MR) is 88.7 cm³/mol. The molecular weight excluding hydrogens is 264 g/mol. The van der Waals surface area contributed by atoms with Gasteiger partial charge in [0, 0.05) is 37.2 Å². The number of rotatable bonds is 7. The molecule has 21 heavy (non-hydrogen) atoms. The molecule has 0 bridgehead atoms. The third-order valence-electron chi connectivity index (χ3n) is 4.01. The Morgan fingerprint density at radius 1 is 1.24 bits per heavy atom. The van der Waals surface area contributed by atoms with Crippen molar-refractivity contribution in [3.63, 3.8) is 0 Å². The normalized spacial score (nSPS) is 24.6. The van der Waals surface area contributed by atoms with Gasteiger partial charge in [0.15, 0.2) is 0 Å². The molecule has 1 saturated heterocycles. The molecule has 4 heteroatoms. The largest absolute Gasteiger partial charge is 0.389 e. The molecule has 0 aromatic heterocycles. The van der Waals surface area contributed by atoms with Gasteiger partial charge in [-0.25, -0.2) is 0 Å². The van der Waals surface area contributed by atoms with Gasteiger partial charge >= 0.3 is 0 Å². The first-order valence-electron chi connectivity index (χ1n) is 8.33. The number of likely N-dealkylation sites (N-methyl/N-ethyl adjacent to an activating group) is 1. The van der Waals surface area contributed by atoms with Crippen molar-refractivity contribution in [2.75, 3.05) is 39.4 Å². The summed E-state index contributed by atoms with van der Waals surface area (Å²) in [6.45, 7) is 17.9. The number of nitrogens with one attached hydrogen (secondary N) is 1. The van der Waals surface area contributed by atoms with Gasteiger partial charge in [-0.3, -0.25) is 0 Å². The average Bonchev–Trinajstić information content (AvgIpc) is 2.34. The van der Waals surface area contributed by atoms with Gasteiger partial charge < -0.3 is 20.1 Å². The molecule has 0 amide bonds. The molecule has 2 N–H and O–H groups in total. The Labute approximate surface area is 131 Å². The highest BCUT2D eigenvalue weighted by Crippen LogP contribution is 2.30. The molecule has 1 fully saturated rings. The quantitative estimate of drug-likeness (QED) is 0.757. The van der Waals surface area contributed by atoms with Crippen molar-refractivity contribution in [3.8, 4) is 0 Å². The first kappa shape index (κ1) is 18.9. The van der Waals surface area contributed by atoms with E-state index < -0.39 is 5.60 Å². The van der Waals surface area contributed by atoms with E-state index >= 15 is 0 Å². The van der Waals surface area contributed by atoms with Gasteiger partial charge in [-0.15, -0.1) is 0 Å². The SMILES string of the molecule is CCN(CC(C)(C)O)CC1(CNC(C)(C)C)CCCOC1. The van der Waals surface area contributed by atoms with E-state index in [1.54, 1.807) is 0 Å². The Hall–Kier alpha value is -0.160. The molecule has 1 atom stereocenters. The molecule has 1 rings (SSSR count). The van der Waals surface area contributed by atoms with Crippen molar-refractivity contribution in [2.24, 2.45) is 5.41 Å². The third kappa shape index (κ3) is 7.59. The summed E-state index contributed by atoms with van der Waals surface area (Å²) in [6, 6.07) is 0. The Balaban J connectivity index is 2.71. The van der Waals surface area contributed by atoms with E-state index in [1.165, 1.54) is 6.42 Å². The molecule has 1 unspecified atom stereocenters.